The van der Waals surface area contributed by atoms with Crippen molar-refractivity contribution in [3.8, 4) is 0 Å². The van der Waals surface area contributed by atoms with Crippen LogP contribution in [-0.4, -0.2) is 49.0 Å². The number of nitrogens with zero attached hydrogens (tertiary/aromatic N) is 2. The maximum atomic E-state index is 12.4. The van der Waals surface area contributed by atoms with E-state index in [1.54, 1.807) is 12.3 Å². The predicted molar refractivity (Wildman–Crippen MR) is 97.9 cm³/mol. The molecule has 1 saturated heterocycles. The van der Waals surface area contributed by atoms with Crippen molar-refractivity contribution in [2.75, 3.05) is 36.4 Å². The molecule has 1 aliphatic carbocycles. The van der Waals surface area contributed by atoms with Crippen molar-refractivity contribution in [1.82, 2.24) is 15.6 Å². The highest BCUT2D eigenvalue weighted by Gasteiger charge is 2.27. The average molecular weight is 345 g/mol. The lowest BCUT2D eigenvalue weighted by atomic mass is 9.85. The molecular formula is C18H27N5O2. The summed E-state index contributed by atoms with van der Waals surface area (Å²) in [5.74, 6) is 0.693. The normalized spacial score (nSPS) is 18.0. The molecule has 7 heteroatoms. The van der Waals surface area contributed by atoms with Gasteiger partial charge in [0, 0.05) is 44.3 Å². The van der Waals surface area contributed by atoms with Gasteiger partial charge in [0.2, 0.25) is 5.91 Å². The SMILES string of the molecule is CC(C)NC(=O)c1cnc(N2CCNCC2)c(NC(=O)C2CCC2)c1. The van der Waals surface area contributed by atoms with E-state index in [2.05, 4.69) is 25.8 Å². The molecule has 1 aliphatic heterocycles. The molecule has 2 fully saturated rings. The third-order valence-corrected chi connectivity index (χ3v) is 4.70. The number of pyridine rings is 1. The van der Waals surface area contributed by atoms with Gasteiger partial charge < -0.3 is 20.9 Å². The molecule has 1 saturated carbocycles. The first kappa shape index (κ1) is 17.7. The van der Waals surface area contributed by atoms with Crippen LogP contribution in [0, 0.1) is 5.92 Å². The largest absolute Gasteiger partial charge is 0.352 e. The Bertz CT molecular complexity index is 636. The number of hydrogen-bond donors (Lipinski definition) is 3. The molecule has 3 rings (SSSR count). The molecule has 7 nitrogen and oxygen atoms in total. The van der Waals surface area contributed by atoms with E-state index in [0.29, 0.717) is 11.3 Å². The molecule has 0 aromatic carbocycles. The van der Waals surface area contributed by atoms with E-state index in [9.17, 15) is 9.59 Å². The fraction of sp³-hybridized carbons (Fsp3) is 0.611. The van der Waals surface area contributed by atoms with Crippen molar-refractivity contribution in [2.24, 2.45) is 5.92 Å². The number of carbonyl (C=O) groups is 2. The Morgan fingerprint density at radius 1 is 1.28 bits per heavy atom. The Morgan fingerprint density at radius 2 is 2.00 bits per heavy atom. The molecule has 0 radical (unpaired) electrons. The molecule has 0 unspecified atom stereocenters. The molecule has 0 atom stereocenters. The zero-order valence-corrected chi connectivity index (χ0v) is 15.0. The summed E-state index contributed by atoms with van der Waals surface area (Å²) in [5, 5.41) is 9.19. The van der Waals surface area contributed by atoms with Crippen molar-refractivity contribution in [3.63, 3.8) is 0 Å². The van der Waals surface area contributed by atoms with Crippen LogP contribution in [0.2, 0.25) is 0 Å². The quantitative estimate of drug-likeness (QED) is 0.750. The van der Waals surface area contributed by atoms with Crippen LogP contribution >= 0.6 is 0 Å². The van der Waals surface area contributed by atoms with Gasteiger partial charge in [0.15, 0.2) is 5.82 Å². The van der Waals surface area contributed by atoms with Gasteiger partial charge in [-0.3, -0.25) is 9.59 Å². The van der Waals surface area contributed by atoms with Crippen molar-refractivity contribution in [3.05, 3.63) is 17.8 Å². The van der Waals surface area contributed by atoms with Crippen LogP contribution in [0.15, 0.2) is 12.3 Å². The minimum absolute atomic E-state index is 0.0332. The van der Waals surface area contributed by atoms with Crippen molar-refractivity contribution in [2.45, 2.75) is 39.2 Å². The molecule has 1 aromatic rings. The number of nitrogens with one attached hydrogen (secondary N) is 3. The first-order valence-electron chi connectivity index (χ1n) is 9.12. The number of amides is 2. The van der Waals surface area contributed by atoms with Gasteiger partial charge in [-0.05, 0) is 32.8 Å². The first-order chi connectivity index (χ1) is 12.0. The van der Waals surface area contributed by atoms with Crippen molar-refractivity contribution >= 4 is 23.3 Å². The summed E-state index contributed by atoms with van der Waals surface area (Å²) in [4.78, 5) is 31.4. The summed E-state index contributed by atoms with van der Waals surface area (Å²) in [6.07, 6.45) is 4.58. The third-order valence-electron chi connectivity index (χ3n) is 4.70. The summed E-state index contributed by atoms with van der Waals surface area (Å²) in [5.41, 5.74) is 1.10. The summed E-state index contributed by atoms with van der Waals surface area (Å²) in [7, 11) is 0. The minimum atomic E-state index is -0.173. The van der Waals surface area contributed by atoms with E-state index >= 15 is 0 Å². The molecule has 2 heterocycles. The van der Waals surface area contributed by atoms with Gasteiger partial charge in [-0.25, -0.2) is 4.98 Å². The molecule has 0 bridgehead atoms. The molecule has 2 aliphatic rings. The lowest BCUT2D eigenvalue weighted by Crippen LogP contribution is -2.44. The summed E-state index contributed by atoms with van der Waals surface area (Å²) >= 11 is 0. The van der Waals surface area contributed by atoms with Gasteiger partial charge in [-0.15, -0.1) is 0 Å². The lowest BCUT2D eigenvalue weighted by Gasteiger charge is -2.31. The van der Waals surface area contributed by atoms with E-state index in [-0.39, 0.29) is 23.8 Å². The number of hydrogen-bond acceptors (Lipinski definition) is 5. The van der Waals surface area contributed by atoms with Gasteiger partial charge in [-0.1, -0.05) is 6.42 Å². The van der Waals surface area contributed by atoms with Crippen LogP contribution in [-0.2, 0) is 4.79 Å². The Labute approximate surface area is 148 Å². The number of piperazine rings is 1. The van der Waals surface area contributed by atoms with Gasteiger partial charge in [-0.2, -0.15) is 0 Å². The zero-order valence-electron chi connectivity index (χ0n) is 15.0. The monoisotopic (exact) mass is 345 g/mol. The van der Waals surface area contributed by atoms with E-state index in [4.69, 9.17) is 0 Å². The molecule has 2 amide bonds. The van der Waals surface area contributed by atoms with E-state index in [1.165, 1.54) is 0 Å². The molecule has 136 valence electrons. The predicted octanol–water partition coefficient (Wildman–Crippen LogP) is 1.37. The van der Waals surface area contributed by atoms with Crippen LogP contribution in [0.4, 0.5) is 11.5 Å². The Morgan fingerprint density at radius 3 is 2.60 bits per heavy atom. The third kappa shape index (κ3) is 4.28. The standard InChI is InChI=1S/C18H27N5O2/c1-12(2)21-18(25)14-10-15(22-17(24)13-4-3-5-13)16(20-11-14)23-8-6-19-7-9-23/h10-13,19H,3-9H2,1-2H3,(H,21,25)(H,22,24). The first-order valence-corrected chi connectivity index (χ1v) is 9.12. The molecule has 3 N–H and O–H groups in total. The summed E-state index contributed by atoms with van der Waals surface area (Å²) in [6, 6.07) is 1.80. The second-order valence-corrected chi connectivity index (χ2v) is 7.08. The van der Waals surface area contributed by atoms with E-state index < -0.39 is 0 Å². The van der Waals surface area contributed by atoms with Gasteiger partial charge in [0.25, 0.3) is 5.91 Å². The molecule has 1 aromatic heterocycles. The summed E-state index contributed by atoms with van der Waals surface area (Å²) < 4.78 is 0. The average Bonchev–Trinajstić information content (AvgIpc) is 2.53. The van der Waals surface area contributed by atoms with Crippen LogP contribution < -0.4 is 20.9 Å². The van der Waals surface area contributed by atoms with Crippen molar-refractivity contribution < 1.29 is 9.59 Å². The van der Waals surface area contributed by atoms with Crippen molar-refractivity contribution in [1.29, 1.82) is 0 Å². The Kier molecular flexibility index (Phi) is 5.53. The fourth-order valence-corrected chi connectivity index (χ4v) is 3.05. The van der Waals surface area contributed by atoms with Gasteiger partial charge in [0.1, 0.15) is 0 Å². The number of rotatable bonds is 5. The number of aromatic nitrogens is 1. The van der Waals surface area contributed by atoms with Gasteiger partial charge >= 0.3 is 0 Å². The number of carbonyl (C=O) groups excluding carboxylic acids is 2. The second kappa shape index (κ2) is 7.82. The number of anilines is 2. The molecular weight excluding hydrogens is 318 g/mol. The topological polar surface area (TPSA) is 86.4 Å². The van der Waals surface area contributed by atoms with Crippen LogP contribution in [0.3, 0.4) is 0 Å². The van der Waals surface area contributed by atoms with Crippen LogP contribution in [0.1, 0.15) is 43.5 Å². The highest BCUT2D eigenvalue weighted by atomic mass is 16.2. The van der Waals surface area contributed by atoms with E-state index in [0.717, 1.165) is 51.3 Å². The highest BCUT2D eigenvalue weighted by molar-refractivity contribution is 5.99. The zero-order chi connectivity index (χ0) is 17.8. The summed E-state index contributed by atoms with van der Waals surface area (Å²) in [6.45, 7) is 7.26. The Hall–Kier alpha value is -2.15. The fourth-order valence-electron chi connectivity index (χ4n) is 3.05. The van der Waals surface area contributed by atoms with Crippen LogP contribution in [0.25, 0.3) is 0 Å². The van der Waals surface area contributed by atoms with E-state index in [1.807, 2.05) is 13.8 Å². The Balaban J connectivity index is 1.84. The maximum Gasteiger partial charge on any atom is 0.253 e. The molecule has 0 spiro atoms. The maximum absolute atomic E-state index is 12.4. The smallest absolute Gasteiger partial charge is 0.253 e. The second-order valence-electron chi connectivity index (χ2n) is 7.08. The highest BCUT2D eigenvalue weighted by Crippen LogP contribution is 2.30. The molecule has 25 heavy (non-hydrogen) atoms. The van der Waals surface area contributed by atoms with Crippen LogP contribution in [0.5, 0.6) is 0 Å². The van der Waals surface area contributed by atoms with Gasteiger partial charge in [0.05, 0.1) is 11.3 Å². The minimum Gasteiger partial charge on any atom is -0.352 e. The lowest BCUT2D eigenvalue weighted by molar-refractivity contribution is -0.122.